The van der Waals surface area contributed by atoms with Gasteiger partial charge in [-0.2, -0.15) is 0 Å². The van der Waals surface area contributed by atoms with Gasteiger partial charge in [0.15, 0.2) is 0 Å². The van der Waals surface area contributed by atoms with Gasteiger partial charge in [-0.3, -0.25) is 4.79 Å². The zero-order valence-corrected chi connectivity index (χ0v) is 13.9. The maximum absolute atomic E-state index is 12.9. The Morgan fingerprint density at radius 1 is 0.917 bits per heavy atom. The number of benzene rings is 1. The van der Waals surface area contributed by atoms with Crippen LogP contribution in [0, 0.1) is 0 Å². The lowest BCUT2D eigenvalue weighted by molar-refractivity contribution is 0.0980. The van der Waals surface area contributed by atoms with E-state index in [1.807, 2.05) is 41.4 Å². The predicted molar refractivity (Wildman–Crippen MR) is 96.7 cm³/mol. The van der Waals surface area contributed by atoms with Crippen molar-refractivity contribution < 1.29 is 4.79 Å². The molecule has 0 atom stereocenters. The van der Waals surface area contributed by atoms with E-state index in [1.54, 1.807) is 0 Å². The molecule has 1 saturated heterocycles. The minimum atomic E-state index is 0.00680. The Hall–Kier alpha value is -2.36. The Labute approximate surface area is 143 Å². The van der Waals surface area contributed by atoms with Gasteiger partial charge in [0.2, 0.25) is 0 Å². The van der Waals surface area contributed by atoms with E-state index in [-0.39, 0.29) is 5.91 Å². The molecule has 0 N–H and O–H groups in total. The van der Waals surface area contributed by atoms with E-state index in [4.69, 9.17) is 0 Å². The van der Waals surface area contributed by atoms with Gasteiger partial charge >= 0.3 is 0 Å². The molecule has 0 spiro atoms. The summed E-state index contributed by atoms with van der Waals surface area (Å²) in [6, 6.07) is 12.1. The van der Waals surface area contributed by atoms with Crippen molar-refractivity contribution in [2.75, 3.05) is 29.4 Å². The monoisotopic (exact) mass is 321 g/mol. The molecule has 124 valence electrons. The van der Waals surface area contributed by atoms with E-state index >= 15 is 0 Å². The number of carbonyl (C=O) groups is 1. The van der Waals surface area contributed by atoms with Gasteiger partial charge in [-0.1, -0.05) is 18.2 Å². The van der Waals surface area contributed by atoms with Crippen molar-refractivity contribution in [3.05, 3.63) is 53.9 Å². The van der Waals surface area contributed by atoms with Crippen molar-refractivity contribution in [2.24, 2.45) is 0 Å². The molecule has 4 nitrogen and oxygen atoms in total. The number of anilines is 2. The van der Waals surface area contributed by atoms with E-state index in [0.717, 1.165) is 43.9 Å². The molecule has 24 heavy (non-hydrogen) atoms. The summed E-state index contributed by atoms with van der Waals surface area (Å²) < 4.78 is 0. The van der Waals surface area contributed by atoms with Gasteiger partial charge in [-0.05, 0) is 55.9 Å². The topological polar surface area (TPSA) is 36.4 Å². The Bertz CT molecular complexity index is 720. The number of aryl methyl sites for hydroxylation is 1. The first-order valence-electron chi connectivity index (χ1n) is 8.94. The highest BCUT2D eigenvalue weighted by Crippen LogP contribution is 2.28. The summed E-state index contributed by atoms with van der Waals surface area (Å²) in [4.78, 5) is 21.6. The van der Waals surface area contributed by atoms with Crippen LogP contribution >= 0.6 is 0 Å². The molecule has 3 heterocycles. The van der Waals surface area contributed by atoms with E-state index < -0.39 is 0 Å². The molecule has 2 aromatic rings. The third-order valence-electron chi connectivity index (χ3n) is 5.04. The Morgan fingerprint density at radius 3 is 2.54 bits per heavy atom. The predicted octanol–water partition coefficient (Wildman–Crippen LogP) is 3.66. The molecule has 1 aromatic heterocycles. The number of rotatable bonds is 2. The zero-order chi connectivity index (χ0) is 16.4. The van der Waals surface area contributed by atoms with E-state index in [2.05, 4.69) is 16.0 Å². The third kappa shape index (κ3) is 2.88. The summed E-state index contributed by atoms with van der Waals surface area (Å²) in [5, 5.41) is 0. The summed E-state index contributed by atoms with van der Waals surface area (Å²) in [6.07, 6.45) is 7.70. The fourth-order valence-corrected chi connectivity index (χ4v) is 3.73. The van der Waals surface area contributed by atoms with Crippen LogP contribution in [0.1, 0.15) is 41.7 Å². The number of hydrogen-bond acceptors (Lipinski definition) is 3. The van der Waals surface area contributed by atoms with Gasteiger partial charge in [-0.25, -0.2) is 4.98 Å². The first kappa shape index (κ1) is 15.2. The van der Waals surface area contributed by atoms with Crippen molar-refractivity contribution in [1.82, 2.24) is 4.98 Å². The minimum absolute atomic E-state index is 0.00680. The van der Waals surface area contributed by atoms with Crippen molar-refractivity contribution >= 4 is 17.3 Å². The van der Waals surface area contributed by atoms with Crippen LogP contribution in [-0.4, -0.2) is 30.5 Å². The molecule has 2 aliphatic heterocycles. The van der Waals surface area contributed by atoms with Crippen molar-refractivity contribution in [3.63, 3.8) is 0 Å². The number of fused-ring (bicyclic) bond motifs is 1. The normalized spacial score (nSPS) is 17.5. The summed E-state index contributed by atoms with van der Waals surface area (Å²) in [5.41, 5.74) is 3.95. The van der Waals surface area contributed by atoms with Gasteiger partial charge in [0.25, 0.3) is 5.91 Å². The summed E-state index contributed by atoms with van der Waals surface area (Å²) in [5.74, 6) is 0.00680. The molecule has 0 aliphatic carbocycles. The molecule has 0 bridgehead atoms. The van der Waals surface area contributed by atoms with Crippen LogP contribution in [0.5, 0.6) is 0 Å². The number of pyridine rings is 1. The quantitative estimate of drug-likeness (QED) is 0.847. The summed E-state index contributed by atoms with van der Waals surface area (Å²) >= 11 is 0. The number of hydrogen-bond donors (Lipinski definition) is 0. The van der Waals surface area contributed by atoms with Crippen molar-refractivity contribution in [3.8, 4) is 0 Å². The molecule has 1 aromatic carbocycles. The van der Waals surface area contributed by atoms with Crippen molar-refractivity contribution in [1.29, 1.82) is 0 Å². The number of para-hydroxylation sites is 1. The fourth-order valence-electron chi connectivity index (χ4n) is 3.73. The number of nitrogens with zero attached hydrogens (tertiary/aromatic N) is 3. The maximum atomic E-state index is 12.9. The van der Waals surface area contributed by atoms with Gasteiger partial charge < -0.3 is 9.80 Å². The molecule has 1 amide bonds. The molecule has 0 radical (unpaired) electrons. The number of piperidine rings is 1. The van der Waals surface area contributed by atoms with Gasteiger partial charge in [0.05, 0.1) is 11.9 Å². The van der Waals surface area contributed by atoms with E-state index in [0.29, 0.717) is 5.69 Å². The standard InChI is InChI=1S/C20H23N3O/c24-20(23-14-6-8-16-7-2-3-9-19(16)23)18-11-10-17(15-21-18)22-12-4-1-5-13-22/h2-3,7,9-11,15H,1,4-6,8,12-14H2. The number of amides is 1. The first-order valence-corrected chi connectivity index (χ1v) is 8.94. The van der Waals surface area contributed by atoms with Crippen LogP contribution in [0.4, 0.5) is 11.4 Å². The number of aromatic nitrogens is 1. The molecule has 2 aliphatic rings. The molecule has 4 rings (SSSR count). The van der Waals surface area contributed by atoms with Crippen molar-refractivity contribution in [2.45, 2.75) is 32.1 Å². The molecule has 0 unspecified atom stereocenters. The second-order valence-corrected chi connectivity index (χ2v) is 6.64. The highest BCUT2D eigenvalue weighted by atomic mass is 16.2. The minimum Gasteiger partial charge on any atom is -0.370 e. The average Bonchev–Trinajstić information content (AvgIpc) is 2.68. The van der Waals surface area contributed by atoms with E-state index in [1.165, 1.54) is 24.8 Å². The Balaban J connectivity index is 1.55. The second kappa shape index (κ2) is 6.63. The third-order valence-corrected chi connectivity index (χ3v) is 5.04. The van der Waals surface area contributed by atoms with Crippen LogP contribution in [0.3, 0.4) is 0 Å². The zero-order valence-electron chi connectivity index (χ0n) is 13.9. The second-order valence-electron chi connectivity index (χ2n) is 6.64. The lowest BCUT2D eigenvalue weighted by Crippen LogP contribution is -2.36. The van der Waals surface area contributed by atoms with Crippen LogP contribution in [-0.2, 0) is 6.42 Å². The van der Waals surface area contributed by atoms with Crippen LogP contribution in [0.2, 0.25) is 0 Å². The van der Waals surface area contributed by atoms with E-state index in [9.17, 15) is 4.79 Å². The van der Waals surface area contributed by atoms with Gasteiger partial charge in [-0.15, -0.1) is 0 Å². The highest BCUT2D eigenvalue weighted by molar-refractivity contribution is 6.05. The number of carbonyl (C=O) groups excluding carboxylic acids is 1. The molecular formula is C20H23N3O. The van der Waals surface area contributed by atoms with Crippen LogP contribution in [0.25, 0.3) is 0 Å². The fraction of sp³-hybridized carbons (Fsp3) is 0.400. The molecule has 4 heteroatoms. The Morgan fingerprint density at radius 2 is 1.75 bits per heavy atom. The first-order chi connectivity index (χ1) is 11.8. The van der Waals surface area contributed by atoms with Crippen LogP contribution < -0.4 is 9.80 Å². The van der Waals surface area contributed by atoms with Gasteiger partial charge in [0, 0.05) is 25.3 Å². The summed E-state index contributed by atoms with van der Waals surface area (Å²) in [7, 11) is 0. The molecule has 1 fully saturated rings. The highest BCUT2D eigenvalue weighted by Gasteiger charge is 2.24. The largest absolute Gasteiger partial charge is 0.370 e. The molecular weight excluding hydrogens is 298 g/mol. The molecule has 0 saturated carbocycles. The lowest BCUT2D eigenvalue weighted by Gasteiger charge is -2.30. The lowest BCUT2D eigenvalue weighted by atomic mass is 10.0. The SMILES string of the molecule is O=C(c1ccc(N2CCCCC2)cn1)N1CCCc2ccccc21. The maximum Gasteiger partial charge on any atom is 0.276 e. The van der Waals surface area contributed by atoms with Crippen LogP contribution in [0.15, 0.2) is 42.6 Å². The Kier molecular flexibility index (Phi) is 4.20. The average molecular weight is 321 g/mol. The summed E-state index contributed by atoms with van der Waals surface area (Å²) in [6.45, 7) is 2.95. The smallest absolute Gasteiger partial charge is 0.276 e. The van der Waals surface area contributed by atoms with Gasteiger partial charge in [0.1, 0.15) is 5.69 Å².